The Labute approximate surface area is 123 Å². The van der Waals surface area contributed by atoms with Gasteiger partial charge in [0.15, 0.2) is 0 Å². The Bertz CT molecular complexity index is 627. The molecular formula is C13H17ClN2O3S. The van der Waals surface area contributed by atoms with E-state index in [1.165, 1.54) is 18.2 Å². The molecule has 0 unspecified atom stereocenters. The van der Waals surface area contributed by atoms with Crippen LogP contribution in [0.2, 0.25) is 5.02 Å². The molecule has 110 valence electrons. The van der Waals surface area contributed by atoms with Gasteiger partial charge in [0.2, 0.25) is 10.0 Å². The fourth-order valence-electron chi connectivity index (χ4n) is 2.08. The fraction of sp³-hybridized carbons (Fsp3) is 0.462. The molecule has 0 aliphatic heterocycles. The van der Waals surface area contributed by atoms with Gasteiger partial charge in [-0.15, -0.1) is 0 Å². The zero-order valence-electron chi connectivity index (χ0n) is 11.2. The molecule has 0 saturated heterocycles. The summed E-state index contributed by atoms with van der Waals surface area (Å²) in [4.78, 5) is 14.2. The Morgan fingerprint density at radius 3 is 2.60 bits per heavy atom. The molecule has 1 aliphatic carbocycles. The lowest BCUT2D eigenvalue weighted by Crippen LogP contribution is -2.34. The van der Waals surface area contributed by atoms with Crippen molar-refractivity contribution in [2.45, 2.75) is 37.1 Å². The second-order valence-corrected chi connectivity index (χ2v) is 6.89. The number of primary sulfonamides is 1. The molecule has 20 heavy (non-hydrogen) atoms. The van der Waals surface area contributed by atoms with Crippen molar-refractivity contribution in [2.75, 3.05) is 6.54 Å². The summed E-state index contributed by atoms with van der Waals surface area (Å²) in [5.74, 6) is -0.232. The molecule has 7 heteroatoms. The fourth-order valence-corrected chi connectivity index (χ4v) is 2.82. The number of hydrogen-bond donors (Lipinski definition) is 1. The minimum Gasteiger partial charge on any atom is -0.336 e. The second-order valence-electron chi connectivity index (χ2n) is 4.92. The van der Waals surface area contributed by atoms with Crippen molar-refractivity contribution in [1.29, 1.82) is 0 Å². The molecule has 1 aliphatic rings. The highest BCUT2D eigenvalue weighted by atomic mass is 35.5. The van der Waals surface area contributed by atoms with Gasteiger partial charge in [0.05, 0.1) is 15.5 Å². The molecule has 2 rings (SSSR count). The number of hydrogen-bond acceptors (Lipinski definition) is 3. The van der Waals surface area contributed by atoms with Crippen LogP contribution in [0.3, 0.4) is 0 Å². The maximum Gasteiger partial charge on any atom is 0.255 e. The number of rotatable bonds is 5. The topological polar surface area (TPSA) is 80.5 Å². The molecule has 1 fully saturated rings. The molecule has 0 radical (unpaired) electrons. The lowest BCUT2D eigenvalue weighted by atomic mass is 10.2. The molecule has 1 aromatic carbocycles. The van der Waals surface area contributed by atoms with Gasteiger partial charge in [0.1, 0.15) is 0 Å². The third kappa shape index (κ3) is 3.31. The SMILES string of the molecule is CCCN(C(=O)c1cc(S(N)(=O)=O)ccc1Cl)C1CC1. The largest absolute Gasteiger partial charge is 0.336 e. The van der Waals surface area contributed by atoms with Crippen LogP contribution >= 0.6 is 11.6 Å². The van der Waals surface area contributed by atoms with E-state index in [2.05, 4.69) is 0 Å². The zero-order valence-corrected chi connectivity index (χ0v) is 12.7. The quantitative estimate of drug-likeness (QED) is 0.902. The van der Waals surface area contributed by atoms with Gasteiger partial charge in [-0.2, -0.15) is 0 Å². The number of nitrogens with two attached hydrogens (primary N) is 1. The van der Waals surface area contributed by atoms with Crippen LogP contribution in [-0.4, -0.2) is 31.8 Å². The Morgan fingerprint density at radius 2 is 2.10 bits per heavy atom. The highest BCUT2D eigenvalue weighted by molar-refractivity contribution is 7.89. The molecule has 0 spiro atoms. The Morgan fingerprint density at radius 1 is 1.45 bits per heavy atom. The molecule has 0 heterocycles. The minimum atomic E-state index is -3.85. The number of halogens is 1. The second kappa shape index (κ2) is 5.71. The van der Waals surface area contributed by atoms with Crippen LogP contribution in [0.25, 0.3) is 0 Å². The van der Waals surface area contributed by atoms with Crippen molar-refractivity contribution < 1.29 is 13.2 Å². The van der Waals surface area contributed by atoms with Crippen molar-refractivity contribution >= 4 is 27.5 Å². The van der Waals surface area contributed by atoms with Gasteiger partial charge < -0.3 is 4.90 Å². The van der Waals surface area contributed by atoms with Crippen LogP contribution in [0.4, 0.5) is 0 Å². The smallest absolute Gasteiger partial charge is 0.255 e. The Kier molecular flexibility index (Phi) is 4.36. The zero-order chi connectivity index (χ0) is 14.9. The van der Waals surface area contributed by atoms with E-state index in [1.54, 1.807) is 4.90 Å². The molecule has 5 nitrogen and oxygen atoms in total. The van der Waals surface area contributed by atoms with Crippen LogP contribution in [0, 0.1) is 0 Å². The van der Waals surface area contributed by atoms with E-state index < -0.39 is 10.0 Å². The maximum atomic E-state index is 12.5. The summed E-state index contributed by atoms with van der Waals surface area (Å²) in [5.41, 5.74) is 0.193. The van der Waals surface area contributed by atoms with E-state index in [1.807, 2.05) is 6.92 Å². The summed E-state index contributed by atoms with van der Waals surface area (Å²) in [6.07, 6.45) is 2.81. The van der Waals surface area contributed by atoms with E-state index in [9.17, 15) is 13.2 Å². The van der Waals surface area contributed by atoms with Crippen LogP contribution in [-0.2, 0) is 10.0 Å². The van der Waals surface area contributed by atoms with Crippen molar-refractivity contribution in [3.63, 3.8) is 0 Å². The molecule has 1 amide bonds. The summed E-state index contributed by atoms with van der Waals surface area (Å²) in [7, 11) is -3.85. The minimum absolute atomic E-state index is 0.0995. The number of amides is 1. The standard InChI is InChI=1S/C13H17ClN2O3S/c1-2-7-16(9-3-4-9)13(17)11-8-10(20(15,18)19)5-6-12(11)14/h5-6,8-9H,2-4,7H2,1H3,(H2,15,18,19). The maximum absolute atomic E-state index is 12.5. The van der Waals surface area contributed by atoms with Gasteiger partial charge >= 0.3 is 0 Å². The molecular weight excluding hydrogens is 300 g/mol. The van der Waals surface area contributed by atoms with Gasteiger partial charge in [-0.3, -0.25) is 4.79 Å². The summed E-state index contributed by atoms with van der Waals surface area (Å²) in [5, 5.41) is 5.33. The predicted octanol–water partition coefficient (Wildman–Crippen LogP) is 2.00. The van der Waals surface area contributed by atoms with Crippen molar-refractivity contribution in [3.8, 4) is 0 Å². The summed E-state index contributed by atoms with van der Waals surface area (Å²) in [6.45, 7) is 2.63. The third-order valence-electron chi connectivity index (χ3n) is 3.21. The average Bonchev–Trinajstić information content (AvgIpc) is 3.18. The van der Waals surface area contributed by atoms with E-state index in [0.29, 0.717) is 6.54 Å². The van der Waals surface area contributed by atoms with Crippen molar-refractivity contribution in [3.05, 3.63) is 28.8 Å². The van der Waals surface area contributed by atoms with Gasteiger partial charge in [-0.1, -0.05) is 18.5 Å². The normalized spacial score (nSPS) is 15.2. The number of nitrogens with zero attached hydrogens (tertiary/aromatic N) is 1. The Balaban J connectivity index is 2.37. The van der Waals surface area contributed by atoms with Gasteiger partial charge in [0, 0.05) is 12.6 Å². The van der Waals surface area contributed by atoms with Gasteiger partial charge in [-0.05, 0) is 37.5 Å². The molecule has 1 aromatic rings. The lowest BCUT2D eigenvalue weighted by molar-refractivity contribution is 0.0743. The van der Waals surface area contributed by atoms with E-state index in [0.717, 1.165) is 19.3 Å². The third-order valence-corrected chi connectivity index (χ3v) is 4.45. The first kappa shape index (κ1) is 15.3. The lowest BCUT2D eigenvalue weighted by Gasteiger charge is -2.22. The van der Waals surface area contributed by atoms with Crippen LogP contribution in [0.5, 0.6) is 0 Å². The van der Waals surface area contributed by atoms with Crippen LogP contribution in [0.15, 0.2) is 23.1 Å². The van der Waals surface area contributed by atoms with E-state index in [4.69, 9.17) is 16.7 Å². The molecule has 2 N–H and O–H groups in total. The number of benzene rings is 1. The first-order chi connectivity index (χ1) is 9.34. The summed E-state index contributed by atoms with van der Waals surface area (Å²) in [6, 6.07) is 4.20. The first-order valence-electron chi connectivity index (χ1n) is 6.48. The van der Waals surface area contributed by atoms with Crippen molar-refractivity contribution in [1.82, 2.24) is 4.90 Å². The monoisotopic (exact) mass is 316 g/mol. The number of sulfonamides is 1. The molecule has 0 aromatic heterocycles. The van der Waals surface area contributed by atoms with Gasteiger partial charge in [0.25, 0.3) is 5.91 Å². The highest BCUT2D eigenvalue weighted by Crippen LogP contribution is 2.30. The van der Waals surface area contributed by atoms with Crippen LogP contribution in [0.1, 0.15) is 36.5 Å². The molecule has 0 bridgehead atoms. The highest BCUT2D eigenvalue weighted by Gasteiger charge is 2.33. The molecule has 1 saturated carbocycles. The number of carbonyl (C=O) groups excluding carboxylic acids is 1. The Hall–Kier alpha value is -1.11. The predicted molar refractivity (Wildman–Crippen MR) is 77.2 cm³/mol. The van der Waals surface area contributed by atoms with E-state index in [-0.39, 0.29) is 27.4 Å². The average molecular weight is 317 g/mol. The van der Waals surface area contributed by atoms with Crippen LogP contribution < -0.4 is 5.14 Å². The molecule has 0 atom stereocenters. The van der Waals surface area contributed by atoms with E-state index >= 15 is 0 Å². The van der Waals surface area contributed by atoms with Crippen molar-refractivity contribution in [2.24, 2.45) is 5.14 Å². The van der Waals surface area contributed by atoms with Gasteiger partial charge in [-0.25, -0.2) is 13.6 Å². The number of carbonyl (C=O) groups is 1. The first-order valence-corrected chi connectivity index (χ1v) is 8.40. The summed E-state index contributed by atoms with van der Waals surface area (Å²) < 4.78 is 22.7. The summed E-state index contributed by atoms with van der Waals surface area (Å²) >= 11 is 6.03.